The lowest BCUT2D eigenvalue weighted by atomic mass is 10.1. The summed E-state index contributed by atoms with van der Waals surface area (Å²) >= 11 is 0. The highest BCUT2D eigenvalue weighted by atomic mass is 19.1. The molecule has 0 radical (unpaired) electrons. The van der Waals surface area contributed by atoms with Crippen molar-refractivity contribution in [2.45, 2.75) is 25.9 Å². The molecular weight excluding hydrogens is 327 g/mol. The molecule has 132 valence electrons. The van der Waals surface area contributed by atoms with E-state index in [-0.39, 0.29) is 18.0 Å². The van der Waals surface area contributed by atoms with Crippen molar-refractivity contribution >= 4 is 5.91 Å². The smallest absolute Gasteiger partial charge is 0.316 e. The number of ether oxygens (including phenoxy) is 2. The lowest BCUT2D eigenvalue weighted by molar-refractivity contribution is 0.0515. The Kier molecular flexibility index (Phi) is 5.37. The van der Waals surface area contributed by atoms with Crippen molar-refractivity contribution in [3.8, 4) is 11.9 Å². The Morgan fingerprint density at radius 2 is 2.08 bits per heavy atom. The van der Waals surface area contributed by atoms with Gasteiger partial charge in [0, 0.05) is 18.8 Å². The van der Waals surface area contributed by atoms with Gasteiger partial charge in [-0.25, -0.2) is 19.3 Å². The summed E-state index contributed by atoms with van der Waals surface area (Å²) in [5.41, 5.74) is 0.502. The molecule has 3 heterocycles. The van der Waals surface area contributed by atoms with Crippen LogP contribution in [0.3, 0.4) is 0 Å². The Balaban J connectivity index is 1.61. The summed E-state index contributed by atoms with van der Waals surface area (Å²) < 4.78 is 23.8. The predicted molar refractivity (Wildman–Crippen MR) is 86.9 cm³/mol. The number of hydrogen-bond donors (Lipinski definition) is 0. The van der Waals surface area contributed by atoms with Crippen molar-refractivity contribution in [2.24, 2.45) is 0 Å². The van der Waals surface area contributed by atoms with Gasteiger partial charge in [0.15, 0.2) is 5.82 Å². The van der Waals surface area contributed by atoms with Gasteiger partial charge >= 0.3 is 6.01 Å². The van der Waals surface area contributed by atoms with Crippen LogP contribution in [0.15, 0.2) is 30.7 Å². The van der Waals surface area contributed by atoms with Crippen LogP contribution in [0.5, 0.6) is 11.9 Å². The molecule has 25 heavy (non-hydrogen) atoms. The SMILES string of the molecule is CCOc1ccc(C(=O)N2CCCC(Oc3ncc(F)cn3)C2)cn1. The second-order valence-electron chi connectivity index (χ2n) is 5.64. The van der Waals surface area contributed by atoms with Crippen LogP contribution in [0.1, 0.15) is 30.1 Å². The van der Waals surface area contributed by atoms with Gasteiger partial charge < -0.3 is 14.4 Å². The van der Waals surface area contributed by atoms with Gasteiger partial charge in [-0.05, 0) is 25.8 Å². The summed E-state index contributed by atoms with van der Waals surface area (Å²) in [6, 6.07) is 3.50. The van der Waals surface area contributed by atoms with Crippen LogP contribution >= 0.6 is 0 Å². The zero-order valence-corrected chi connectivity index (χ0v) is 13.9. The van der Waals surface area contributed by atoms with Crippen molar-refractivity contribution < 1.29 is 18.7 Å². The van der Waals surface area contributed by atoms with E-state index in [9.17, 15) is 9.18 Å². The molecule has 1 fully saturated rings. The molecule has 1 amide bonds. The van der Waals surface area contributed by atoms with E-state index < -0.39 is 5.82 Å². The van der Waals surface area contributed by atoms with Gasteiger partial charge in [0.1, 0.15) is 6.10 Å². The first-order valence-electron chi connectivity index (χ1n) is 8.18. The fourth-order valence-electron chi connectivity index (χ4n) is 2.65. The molecule has 1 aliphatic rings. The number of piperidine rings is 1. The molecular formula is C17H19FN4O3. The summed E-state index contributed by atoms with van der Waals surface area (Å²) in [5.74, 6) is -0.132. The van der Waals surface area contributed by atoms with Crippen LogP contribution in [-0.2, 0) is 0 Å². The van der Waals surface area contributed by atoms with Crippen molar-refractivity contribution in [3.63, 3.8) is 0 Å². The molecule has 1 atom stereocenters. The standard InChI is InChI=1S/C17H19FN4O3/c1-2-24-15-6-5-12(8-19-15)16(23)22-7-3-4-14(11-22)25-17-20-9-13(18)10-21-17/h5-6,8-10,14H,2-4,7,11H2,1H3. The van der Waals surface area contributed by atoms with Gasteiger partial charge in [-0.1, -0.05) is 0 Å². The minimum Gasteiger partial charge on any atom is -0.478 e. The molecule has 1 unspecified atom stereocenters. The van der Waals surface area contributed by atoms with Gasteiger partial charge in [0.25, 0.3) is 5.91 Å². The molecule has 2 aromatic rings. The molecule has 1 saturated heterocycles. The van der Waals surface area contributed by atoms with Crippen LogP contribution in [0.4, 0.5) is 4.39 Å². The first-order valence-corrected chi connectivity index (χ1v) is 8.18. The second kappa shape index (κ2) is 7.87. The number of likely N-dealkylation sites (tertiary alicyclic amines) is 1. The highest BCUT2D eigenvalue weighted by molar-refractivity contribution is 5.94. The molecule has 1 aliphatic heterocycles. The summed E-state index contributed by atoms with van der Waals surface area (Å²) in [5, 5.41) is 0. The summed E-state index contributed by atoms with van der Waals surface area (Å²) in [7, 11) is 0. The first kappa shape index (κ1) is 17.1. The number of pyridine rings is 1. The van der Waals surface area contributed by atoms with E-state index in [1.165, 1.54) is 6.20 Å². The molecule has 3 rings (SSSR count). The van der Waals surface area contributed by atoms with E-state index in [2.05, 4.69) is 15.0 Å². The highest BCUT2D eigenvalue weighted by Gasteiger charge is 2.26. The Bertz CT molecular complexity index is 709. The minimum atomic E-state index is -0.518. The van der Waals surface area contributed by atoms with E-state index in [1.54, 1.807) is 17.0 Å². The normalized spacial score (nSPS) is 17.2. The summed E-state index contributed by atoms with van der Waals surface area (Å²) in [6.45, 7) is 3.47. The first-order chi connectivity index (χ1) is 12.2. The molecule has 0 saturated carbocycles. The number of hydrogen-bond acceptors (Lipinski definition) is 6. The van der Waals surface area contributed by atoms with Crippen molar-refractivity contribution in [2.75, 3.05) is 19.7 Å². The maximum absolute atomic E-state index is 12.8. The summed E-state index contributed by atoms with van der Waals surface area (Å²) in [6.07, 6.45) is 4.99. The average molecular weight is 346 g/mol. The molecule has 0 bridgehead atoms. The molecule has 0 aliphatic carbocycles. The number of rotatable bonds is 5. The maximum atomic E-state index is 12.8. The van der Waals surface area contributed by atoms with Crippen LogP contribution in [0.25, 0.3) is 0 Å². The number of amides is 1. The number of halogens is 1. The number of nitrogens with zero attached hydrogens (tertiary/aromatic N) is 4. The molecule has 0 spiro atoms. The Hall–Kier alpha value is -2.77. The number of carbonyl (C=O) groups excluding carboxylic acids is 1. The highest BCUT2D eigenvalue weighted by Crippen LogP contribution is 2.18. The third-order valence-corrected chi connectivity index (χ3v) is 3.81. The lowest BCUT2D eigenvalue weighted by Gasteiger charge is -2.32. The van der Waals surface area contributed by atoms with Crippen LogP contribution in [-0.4, -0.2) is 51.6 Å². The molecule has 2 aromatic heterocycles. The third kappa shape index (κ3) is 4.40. The fraction of sp³-hybridized carbons (Fsp3) is 0.412. The maximum Gasteiger partial charge on any atom is 0.316 e. The number of carbonyl (C=O) groups is 1. The lowest BCUT2D eigenvalue weighted by Crippen LogP contribution is -2.44. The Labute approximate surface area is 144 Å². The zero-order valence-electron chi connectivity index (χ0n) is 13.9. The van der Waals surface area contributed by atoms with E-state index in [0.717, 1.165) is 25.2 Å². The predicted octanol–water partition coefficient (Wildman–Crippen LogP) is 2.09. The average Bonchev–Trinajstić information content (AvgIpc) is 2.64. The van der Waals surface area contributed by atoms with E-state index >= 15 is 0 Å². The van der Waals surface area contributed by atoms with Crippen LogP contribution in [0.2, 0.25) is 0 Å². The third-order valence-electron chi connectivity index (χ3n) is 3.81. The van der Waals surface area contributed by atoms with Crippen molar-refractivity contribution in [3.05, 3.63) is 42.1 Å². The van der Waals surface area contributed by atoms with E-state index in [4.69, 9.17) is 9.47 Å². The molecule has 7 nitrogen and oxygen atoms in total. The van der Waals surface area contributed by atoms with Crippen LogP contribution < -0.4 is 9.47 Å². The van der Waals surface area contributed by atoms with Crippen LogP contribution in [0, 0.1) is 5.82 Å². The zero-order chi connectivity index (χ0) is 17.6. The van der Waals surface area contributed by atoms with Gasteiger partial charge in [0.2, 0.25) is 5.88 Å². The quantitative estimate of drug-likeness (QED) is 0.825. The summed E-state index contributed by atoms with van der Waals surface area (Å²) in [4.78, 5) is 26.0. The van der Waals surface area contributed by atoms with E-state index in [1.807, 2.05) is 6.92 Å². The second-order valence-corrected chi connectivity index (χ2v) is 5.64. The molecule has 0 aromatic carbocycles. The van der Waals surface area contributed by atoms with Crippen molar-refractivity contribution in [1.29, 1.82) is 0 Å². The van der Waals surface area contributed by atoms with Gasteiger partial charge in [-0.15, -0.1) is 0 Å². The fourth-order valence-corrected chi connectivity index (χ4v) is 2.65. The largest absolute Gasteiger partial charge is 0.478 e. The van der Waals surface area contributed by atoms with Crippen molar-refractivity contribution in [1.82, 2.24) is 19.9 Å². The topological polar surface area (TPSA) is 77.4 Å². The van der Waals surface area contributed by atoms with Gasteiger partial charge in [-0.2, -0.15) is 0 Å². The molecule has 0 N–H and O–H groups in total. The monoisotopic (exact) mass is 346 g/mol. The minimum absolute atomic E-state index is 0.108. The van der Waals surface area contributed by atoms with E-state index in [0.29, 0.717) is 31.1 Å². The number of aromatic nitrogens is 3. The Morgan fingerprint density at radius 3 is 2.76 bits per heavy atom. The molecule has 8 heteroatoms. The van der Waals surface area contributed by atoms with Gasteiger partial charge in [-0.3, -0.25) is 4.79 Å². The van der Waals surface area contributed by atoms with Gasteiger partial charge in [0.05, 0.1) is 31.1 Å². The Morgan fingerprint density at radius 1 is 1.28 bits per heavy atom.